The van der Waals surface area contributed by atoms with Gasteiger partial charge in [-0.3, -0.25) is 5.32 Å². The van der Waals surface area contributed by atoms with Gasteiger partial charge in [-0.15, -0.1) is 0 Å². The van der Waals surface area contributed by atoms with E-state index in [0.29, 0.717) is 17.2 Å². The van der Waals surface area contributed by atoms with E-state index >= 15 is 0 Å². The van der Waals surface area contributed by atoms with Gasteiger partial charge in [0.05, 0.1) is 0 Å². The van der Waals surface area contributed by atoms with Crippen LogP contribution in [0, 0.1) is 0 Å². The summed E-state index contributed by atoms with van der Waals surface area (Å²) in [5.41, 5.74) is 1.90. The SMILES string of the molecule is CCCCc1cccc(NC(=O)Oc2cccc(OCC(OC)OC)c2)c1. The van der Waals surface area contributed by atoms with E-state index in [2.05, 4.69) is 18.3 Å². The first kappa shape index (κ1) is 20.7. The highest BCUT2D eigenvalue weighted by Crippen LogP contribution is 2.21. The summed E-state index contributed by atoms with van der Waals surface area (Å²) in [6.45, 7) is 2.38. The minimum atomic E-state index is -0.550. The van der Waals surface area contributed by atoms with E-state index in [9.17, 15) is 4.79 Å². The van der Waals surface area contributed by atoms with Gasteiger partial charge in [0.25, 0.3) is 0 Å². The number of rotatable bonds is 10. The molecule has 0 bridgehead atoms. The molecule has 27 heavy (non-hydrogen) atoms. The fourth-order valence-corrected chi connectivity index (χ4v) is 2.46. The van der Waals surface area contributed by atoms with Crippen molar-refractivity contribution in [2.75, 3.05) is 26.1 Å². The Morgan fingerprint density at radius 3 is 2.52 bits per heavy atom. The highest BCUT2D eigenvalue weighted by atomic mass is 16.7. The summed E-state index contributed by atoms with van der Waals surface area (Å²) in [5, 5.41) is 2.75. The third-order valence-corrected chi connectivity index (χ3v) is 3.92. The van der Waals surface area contributed by atoms with Crippen LogP contribution in [0.2, 0.25) is 0 Å². The van der Waals surface area contributed by atoms with Crippen molar-refractivity contribution in [3.63, 3.8) is 0 Å². The van der Waals surface area contributed by atoms with Gasteiger partial charge in [0.2, 0.25) is 0 Å². The van der Waals surface area contributed by atoms with E-state index in [-0.39, 0.29) is 6.61 Å². The second-order valence-corrected chi connectivity index (χ2v) is 6.01. The summed E-state index contributed by atoms with van der Waals surface area (Å²) < 4.78 is 21.1. The van der Waals surface area contributed by atoms with Crippen LogP contribution in [-0.2, 0) is 15.9 Å². The number of hydrogen-bond donors (Lipinski definition) is 1. The van der Waals surface area contributed by atoms with Gasteiger partial charge in [0, 0.05) is 26.0 Å². The first-order valence-corrected chi connectivity index (χ1v) is 9.00. The Labute approximate surface area is 160 Å². The van der Waals surface area contributed by atoms with Gasteiger partial charge in [0.1, 0.15) is 18.1 Å². The number of carbonyl (C=O) groups is 1. The average Bonchev–Trinajstić information content (AvgIpc) is 2.67. The molecule has 0 atom stereocenters. The maximum Gasteiger partial charge on any atom is 0.417 e. The minimum absolute atomic E-state index is 0.229. The monoisotopic (exact) mass is 373 g/mol. The maximum atomic E-state index is 12.2. The zero-order valence-electron chi connectivity index (χ0n) is 16.1. The third-order valence-electron chi connectivity index (χ3n) is 3.92. The van der Waals surface area contributed by atoms with E-state index < -0.39 is 12.4 Å². The predicted molar refractivity (Wildman–Crippen MR) is 104 cm³/mol. The summed E-state index contributed by atoms with van der Waals surface area (Å²) in [6, 6.07) is 14.6. The molecule has 0 aliphatic rings. The van der Waals surface area contributed by atoms with Crippen molar-refractivity contribution >= 4 is 11.8 Å². The second-order valence-electron chi connectivity index (χ2n) is 6.01. The molecule has 0 spiro atoms. The Morgan fingerprint density at radius 1 is 1.04 bits per heavy atom. The van der Waals surface area contributed by atoms with Crippen LogP contribution in [0.1, 0.15) is 25.3 Å². The van der Waals surface area contributed by atoms with Crippen LogP contribution in [0.4, 0.5) is 10.5 Å². The van der Waals surface area contributed by atoms with E-state index in [1.54, 1.807) is 38.5 Å². The summed E-state index contributed by atoms with van der Waals surface area (Å²) >= 11 is 0. The Morgan fingerprint density at radius 2 is 1.78 bits per heavy atom. The lowest BCUT2D eigenvalue weighted by molar-refractivity contribution is -0.121. The lowest BCUT2D eigenvalue weighted by Gasteiger charge is -2.14. The standard InChI is InChI=1S/C21H27NO5/c1-4-5-8-16-9-6-10-17(13-16)22-21(23)27-19-12-7-11-18(14-19)26-15-20(24-2)25-3/h6-7,9-14,20H,4-5,8,15H2,1-3H3,(H,22,23). The van der Waals surface area contributed by atoms with Gasteiger partial charge in [-0.2, -0.15) is 0 Å². The molecule has 6 nitrogen and oxygen atoms in total. The van der Waals surface area contributed by atoms with E-state index in [4.69, 9.17) is 18.9 Å². The molecule has 0 saturated heterocycles. The Kier molecular flexibility index (Phi) is 8.61. The van der Waals surface area contributed by atoms with Crippen LogP contribution >= 0.6 is 0 Å². The molecule has 146 valence electrons. The molecule has 1 amide bonds. The summed E-state index contributed by atoms with van der Waals surface area (Å²) in [5.74, 6) is 0.944. The van der Waals surface area contributed by atoms with Crippen molar-refractivity contribution in [1.82, 2.24) is 0 Å². The number of benzene rings is 2. The second kappa shape index (κ2) is 11.2. The molecule has 0 heterocycles. The fourth-order valence-electron chi connectivity index (χ4n) is 2.46. The molecule has 0 saturated carbocycles. The molecular formula is C21H27NO5. The molecular weight excluding hydrogens is 346 g/mol. The van der Waals surface area contributed by atoms with Crippen LogP contribution in [0.25, 0.3) is 0 Å². The first-order chi connectivity index (χ1) is 13.1. The molecule has 2 rings (SSSR count). The highest BCUT2D eigenvalue weighted by Gasteiger charge is 2.09. The Bertz CT molecular complexity index is 715. The molecule has 0 aliphatic heterocycles. The van der Waals surface area contributed by atoms with E-state index in [1.165, 1.54) is 5.56 Å². The van der Waals surface area contributed by atoms with Gasteiger partial charge in [0.15, 0.2) is 6.29 Å². The van der Waals surface area contributed by atoms with Gasteiger partial charge >= 0.3 is 6.09 Å². The van der Waals surface area contributed by atoms with Gasteiger partial charge in [-0.25, -0.2) is 4.79 Å². The lowest BCUT2D eigenvalue weighted by atomic mass is 10.1. The molecule has 0 aliphatic carbocycles. The first-order valence-electron chi connectivity index (χ1n) is 9.00. The topological polar surface area (TPSA) is 66.0 Å². The van der Waals surface area contributed by atoms with Crippen LogP contribution < -0.4 is 14.8 Å². The van der Waals surface area contributed by atoms with Crippen LogP contribution in [0.15, 0.2) is 48.5 Å². The quantitative estimate of drug-likeness (QED) is 0.615. The normalized spacial score (nSPS) is 10.7. The van der Waals surface area contributed by atoms with E-state index in [1.807, 2.05) is 18.2 Å². The Balaban J connectivity index is 1.91. The highest BCUT2D eigenvalue weighted by molar-refractivity contribution is 5.86. The zero-order chi connectivity index (χ0) is 19.5. The molecule has 1 N–H and O–H groups in total. The number of aryl methyl sites for hydroxylation is 1. The predicted octanol–water partition coefficient (Wildman–Crippen LogP) is 4.64. The summed E-state index contributed by atoms with van der Waals surface area (Å²) in [4.78, 5) is 12.2. The van der Waals surface area contributed by atoms with Gasteiger partial charge in [-0.1, -0.05) is 31.5 Å². The fraction of sp³-hybridized carbons (Fsp3) is 0.381. The van der Waals surface area contributed by atoms with Crippen molar-refractivity contribution < 1.29 is 23.7 Å². The molecule has 6 heteroatoms. The number of amides is 1. The summed E-state index contributed by atoms with van der Waals surface area (Å²) in [7, 11) is 3.08. The van der Waals surface area contributed by atoms with Crippen LogP contribution in [0.3, 0.4) is 0 Å². The van der Waals surface area contributed by atoms with Crippen molar-refractivity contribution in [3.8, 4) is 11.5 Å². The molecule has 2 aromatic rings. The van der Waals surface area contributed by atoms with Crippen molar-refractivity contribution in [2.24, 2.45) is 0 Å². The number of unbranched alkanes of at least 4 members (excludes halogenated alkanes) is 1. The number of ether oxygens (including phenoxy) is 4. The van der Waals surface area contributed by atoms with Crippen LogP contribution in [0.5, 0.6) is 11.5 Å². The Hall–Kier alpha value is -2.57. The number of hydrogen-bond acceptors (Lipinski definition) is 5. The smallest absolute Gasteiger partial charge is 0.417 e. The number of methoxy groups -OCH3 is 2. The number of nitrogens with one attached hydrogen (secondary N) is 1. The lowest BCUT2D eigenvalue weighted by Crippen LogP contribution is -2.22. The van der Waals surface area contributed by atoms with Crippen molar-refractivity contribution in [1.29, 1.82) is 0 Å². The minimum Gasteiger partial charge on any atom is -0.488 e. The number of carbonyl (C=O) groups excluding carboxylic acids is 1. The van der Waals surface area contributed by atoms with Gasteiger partial charge < -0.3 is 18.9 Å². The van der Waals surface area contributed by atoms with Gasteiger partial charge in [-0.05, 0) is 42.7 Å². The zero-order valence-corrected chi connectivity index (χ0v) is 16.1. The third kappa shape index (κ3) is 7.29. The molecule has 0 unspecified atom stereocenters. The summed E-state index contributed by atoms with van der Waals surface area (Å²) in [6.07, 6.45) is 2.23. The molecule has 2 aromatic carbocycles. The molecule has 0 radical (unpaired) electrons. The maximum absolute atomic E-state index is 12.2. The number of anilines is 1. The van der Waals surface area contributed by atoms with Crippen LogP contribution in [-0.4, -0.2) is 33.2 Å². The molecule has 0 fully saturated rings. The average molecular weight is 373 g/mol. The van der Waals surface area contributed by atoms with Crippen molar-refractivity contribution in [3.05, 3.63) is 54.1 Å². The van der Waals surface area contributed by atoms with E-state index in [0.717, 1.165) is 19.3 Å². The molecule has 0 aromatic heterocycles. The van der Waals surface area contributed by atoms with Crippen molar-refractivity contribution in [2.45, 2.75) is 32.5 Å². The largest absolute Gasteiger partial charge is 0.488 e.